The number of aromatic amines is 1. The van der Waals surface area contributed by atoms with Crippen LogP contribution in [0.4, 0.5) is 17.5 Å². The second-order valence-electron chi connectivity index (χ2n) is 5.18. The van der Waals surface area contributed by atoms with Crippen LogP contribution in [0.1, 0.15) is 0 Å². The summed E-state index contributed by atoms with van der Waals surface area (Å²) in [5, 5.41) is 4.12. The van der Waals surface area contributed by atoms with Gasteiger partial charge in [0, 0.05) is 6.07 Å². The third-order valence-corrected chi connectivity index (χ3v) is 4.62. The molecule has 0 aliphatic rings. The zero-order valence-corrected chi connectivity index (χ0v) is 15.1. The van der Waals surface area contributed by atoms with Gasteiger partial charge in [-0.05, 0) is 12.1 Å². The lowest BCUT2D eigenvalue weighted by molar-refractivity contribution is 1.15. The van der Waals surface area contributed by atoms with Crippen molar-refractivity contribution in [2.75, 3.05) is 11.1 Å². The summed E-state index contributed by atoms with van der Waals surface area (Å²) in [4.78, 5) is 23.9. The molecule has 130 valence electrons. The van der Waals surface area contributed by atoms with Gasteiger partial charge in [0.15, 0.2) is 11.5 Å². The van der Waals surface area contributed by atoms with Crippen molar-refractivity contribution in [3.05, 3.63) is 45.9 Å². The highest BCUT2D eigenvalue weighted by atomic mass is 35.5. The van der Waals surface area contributed by atoms with Gasteiger partial charge in [0.25, 0.3) is 0 Å². The van der Waals surface area contributed by atoms with Gasteiger partial charge in [-0.2, -0.15) is 0 Å². The molecule has 0 spiro atoms. The smallest absolute Gasteiger partial charge is 0.183 e. The van der Waals surface area contributed by atoms with E-state index in [4.69, 9.17) is 40.5 Å². The average molecular weight is 408 g/mol. The maximum atomic E-state index is 6.29. The molecule has 26 heavy (non-hydrogen) atoms. The molecule has 11 heteroatoms. The van der Waals surface area contributed by atoms with E-state index in [1.54, 1.807) is 18.2 Å². The van der Waals surface area contributed by atoms with Crippen LogP contribution in [0.5, 0.6) is 0 Å². The molecule has 0 aliphatic carbocycles. The molecule has 1 aromatic carbocycles. The van der Waals surface area contributed by atoms with Crippen LogP contribution in [0.2, 0.25) is 15.1 Å². The van der Waals surface area contributed by atoms with Gasteiger partial charge in [-0.15, -0.1) is 0 Å². The van der Waals surface area contributed by atoms with Crippen LogP contribution in [0.3, 0.4) is 0 Å². The number of anilines is 3. The Morgan fingerprint density at radius 3 is 2.54 bits per heavy atom. The number of nitrogen functional groups attached to an aromatic ring is 1. The number of imidazole rings is 1. The number of nitrogens with one attached hydrogen (secondary N) is 2. The summed E-state index contributed by atoms with van der Waals surface area (Å²) in [6.07, 6.45) is 2.72. The normalized spacial score (nSPS) is 11.0. The largest absolute Gasteiger partial charge is 0.384 e. The first kappa shape index (κ1) is 16.8. The van der Waals surface area contributed by atoms with E-state index in [2.05, 4.69) is 35.2 Å². The van der Waals surface area contributed by atoms with Gasteiger partial charge >= 0.3 is 0 Å². The molecule has 4 aromatic rings. The zero-order chi connectivity index (χ0) is 18.3. The predicted octanol–water partition coefficient (Wildman–Crippen LogP) is 4.10. The summed E-state index contributed by atoms with van der Waals surface area (Å²) in [6.45, 7) is 0. The van der Waals surface area contributed by atoms with Gasteiger partial charge < -0.3 is 16.0 Å². The SMILES string of the molecule is Nc1cc(Nc2ncnc3nc(-c4c(Cl)ccc(Cl)c4Cl)[nH]c23)ncn1. The topological polar surface area (TPSA) is 118 Å². The fraction of sp³-hybridized carbons (Fsp3) is 0. The Hall–Kier alpha value is -2.68. The highest BCUT2D eigenvalue weighted by molar-refractivity contribution is 6.46. The number of fused-ring (bicyclic) bond motifs is 1. The van der Waals surface area contributed by atoms with Crippen molar-refractivity contribution in [2.24, 2.45) is 0 Å². The van der Waals surface area contributed by atoms with Crippen molar-refractivity contribution in [2.45, 2.75) is 0 Å². The van der Waals surface area contributed by atoms with Crippen LogP contribution in [0, 0.1) is 0 Å². The first-order valence-electron chi connectivity index (χ1n) is 7.22. The van der Waals surface area contributed by atoms with Crippen LogP contribution in [-0.2, 0) is 0 Å². The lowest BCUT2D eigenvalue weighted by Crippen LogP contribution is -2.00. The summed E-state index contributed by atoms with van der Waals surface area (Å²) < 4.78 is 0. The predicted molar refractivity (Wildman–Crippen MR) is 102 cm³/mol. The van der Waals surface area contributed by atoms with Crippen molar-refractivity contribution in [1.29, 1.82) is 0 Å². The van der Waals surface area contributed by atoms with Crippen LogP contribution in [-0.4, -0.2) is 29.9 Å². The van der Waals surface area contributed by atoms with Crippen LogP contribution in [0.15, 0.2) is 30.9 Å². The van der Waals surface area contributed by atoms with Gasteiger partial charge in [-0.3, -0.25) is 0 Å². The minimum atomic E-state index is 0.296. The second kappa shape index (κ2) is 6.56. The van der Waals surface area contributed by atoms with E-state index < -0.39 is 0 Å². The number of nitrogens with two attached hydrogens (primary N) is 1. The quantitative estimate of drug-likeness (QED) is 0.437. The van der Waals surface area contributed by atoms with E-state index in [1.165, 1.54) is 12.7 Å². The summed E-state index contributed by atoms with van der Waals surface area (Å²) >= 11 is 18.6. The van der Waals surface area contributed by atoms with Crippen molar-refractivity contribution in [1.82, 2.24) is 29.9 Å². The Kier molecular flexibility index (Phi) is 4.23. The lowest BCUT2D eigenvalue weighted by atomic mass is 10.2. The zero-order valence-electron chi connectivity index (χ0n) is 12.8. The van der Waals surface area contributed by atoms with Gasteiger partial charge in [0.2, 0.25) is 0 Å². The minimum absolute atomic E-state index is 0.296. The van der Waals surface area contributed by atoms with Crippen LogP contribution < -0.4 is 11.1 Å². The number of aromatic nitrogens is 6. The maximum absolute atomic E-state index is 6.29. The Labute approximate surface area is 161 Å². The van der Waals surface area contributed by atoms with Gasteiger partial charge in [0.05, 0.1) is 20.6 Å². The summed E-state index contributed by atoms with van der Waals surface area (Å²) in [5.41, 5.74) is 7.12. The molecule has 0 unspecified atom stereocenters. The van der Waals surface area contributed by atoms with Crippen molar-refractivity contribution in [3.63, 3.8) is 0 Å². The molecule has 0 atom stereocenters. The van der Waals surface area contributed by atoms with E-state index in [-0.39, 0.29) is 0 Å². The van der Waals surface area contributed by atoms with Crippen molar-refractivity contribution in [3.8, 4) is 11.4 Å². The lowest BCUT2D eigenvalue weighted by Gasteiger charge is -2.06. The Balaban J connectivity index is 1.83. The van der Waals surface area contributed by atoms with Gasteiger partial charge in [0.1, 0.15) is 35.6 Å². The standard InChI is InChI=1S/C15H9Cl3N8/c16-6-1-2-7(17)11(18)10(6)13-25-12-14(22-5-23-15(12)26-13)24-9-3-8(19)20-4-21-9/h1-5H,(H4,19,20,21,22,23,24,25,26). The Bertz CT molecular complexity index is 1130. The monoisotopic (exact) mass is 406 g/mol. The number of halogens is 3. The molecule has 0 bridgehead atoms. The number of rotatable bonds is 3. The molecule has 0 amide bonds. The molecule has 4 rings (SSSR count). The molecule has 3 heterocycles. The third-order valence-electron chi connectivity index (χ3n) is 3.50. The molecule has 0 saturated carbocycles. The molecule has 3 aromatic heterocycles. The fourth-order valence-electron chi connectivity index (χ4n) is 2.35. The molecule has 0 saturated heterocycles. The van der Waals surface area contributed by atoms with Crippen molar-refractivity contribution >= 4 is 63.4 Å². The third kappa shape index (κ3) is 2.98. The molecule has 4 N–H and O–H groups in total. The average Bonchev–Trinajstić information content (AvgIpc) is 3.03. The number of benzene rings is 1. The Morgan fingerprint density at radius 2 is 1.73 bits per heavy atom. The summed E-state index contributed by atoms with van der Waals surface area (Å²) in [7, 11) is 0. The van der Waals surface area contributed by atoms with E-state index in [0.29, 0.717) is 55.1 Å². The van der Waals surface area contributed by atoms with Gasteiger partial charge in [-0.1, -0.05) is 34.8 Å². The van der Waals surface area contributed by atoms with Crippen molar-refractivity contribution < 1.29 is 0 Å². The number of hydrogen-bond acceptors (Lipinski definition) is 7. The van der Waals surface area contributed by atoms with Gasteiger partial charge in [-0.25, -0.2) is 24.9 Å². The minimum Gasteiger partial charge on any atom is -0.384 e. The van der Waals surface area contributed by atoms with Crippen LogP contribution >= 0.6 is 34.8 Å². The van der Waals surface area contributed by atoms with Crippen LogP contribution in [0.25, 0.3) is 22.6 Å². The van der Waals surface area contributed by atoms with E-state index in [9.17, 15) is 0 Å². The second-order valence-corrected chi connectivity index (χ2v) is 6.37. The molecular weight excluding hydrogens is 399 g/mol. The molecule has 0 fully saturated rings. The highest BCUT2D eigenvalue weighted by Gasteiger charge is 2.18. The maximum Gasteiger partial charge on any atom is 0.183 e. The number of nitrogens with zero attached hydrogens (tertiary/aromatic N) is 5. The first-order valence-corrected chi connectivity index (χ1v) is 8.35. The highest BCUT2D eigenvalue weighted by Crippen LogP contribution is 2.38. The Morgan fingerprint density at radius 1 is 0.962 bits per heavy atom. The molecule has 0 radical (unpaired) electrons. The van der Waals surface area contributed by atoms with E-state index in [1.807, 2.05) is 0 Å². The molecule has 8 nitrogen and oxygen atoms in total. The summed E-state index contributed by atoms with van der Waals surface area (Å²) in [6, 6.07) is 4.84. The number of H-pyrrole nitrogens is 1. The van der Waals surface area contributed by atoms with E-state index >= 15 is 0 Å². The first-order chi connectivity index (χ1) is 12.5. The molecular formula is C15H9Cl3N8. The fourth-order valence-corrected chi connectivity index (χ4v) is 3.05. The van der Waals surface area contributed by atoms with E-state index in [0.717, 1.165) is 0 Å². The number of hydrogen-bond donors (Lipinski definition) is 3. The summed E-state index contributed by atoms with van der Waals surface area (Å²) in [5.74, 6) is 1.69. The molecule has 0 aliphatic heterocycles.